The zero-order valence-corrected chi connectivity index (χ0v) is 10.4. The minimum absolute atomic E-state index is 0.484. The van der Waals surface area contributed by atoms with Crippen molar-refractivity contribution in [1.82, 2.24) is 9.97 Å². The Morgan fingerprint density at radius 2 is 2.24 bits per heavy atom. The molecule has 0 aromatic carbocycles. The maximum absolute atomic E-state index is 5.69. The minimum Gasteiger partial charge on any atom is -0.458 e. The van der Waals surface area contributed by atoms with E-state index in [1.54, 1.807) is 13.8 Å². The fraction of sp³-hybridized carbons (Fsp3) is 0.500. The number of nitrogen functional groups attached to an aromatic ring is 1. The van der Waals surface area contributed by atoms with Crippen LogP contribution in [0.5, 0.6) is 5.88 Å². The van der Waals surface area contributed by atoms with Crippen LogP contribution in [0.15, 0.2) is 6.33 Å². The fourth-order valence-electron chi connectivity index (χ4n) is 1.35. The topological polar surface area (TPSA) is 73.1 Å². The summed E-state index contributed by atoms with van der Waals surface area (Å²) < 4.78 is 5.69. The third-order valence-electron chi connectivity index (χ3n) is 2.24. The Morgan fingerprint density at radius 1 is 1.53 bits per heavy atom. The van der Waals surface area contributed by atoms with E-state index in [2.05, 4.69) is 28.2 Å². The first-order chi connectivity index (χ1) is 8.04. The lowest BCUT2D eigenvalue weighted by Crippen LogP contribution is -2.27. The molecule has 92 valence electrons. The van der Waals surface area contributed by atoms with Crippen molar-refractivity contribution in [3.63, 3.8) is 0 Å². The number of aromatic nitrogens is 2. The summed E-state index contributed by atoms with van der Waals surface area (Å²) >= 11 is 0. The van der Waals surface area contributed by atoms with Gasteiger partial charge in [0.15, 0.2) is 5.60 Å². The Kier molecular flexibility index (Phi) is 4.30. The van der Waals surface area contributed by atoms with Crippen LogP contribution in [0.4, 0.5) is 5.82 Å². The number of rotatable bonds is 5. The van der Waals surface area contributed by atoms with Gasteiger partial charge in [-0.05, 0) is 20.3 Å². The smallest absolute Gasteiger partial charge is 0.223 e. The van der Waals surface area contributed by atoms with Crippen molar-refractivity contribution in [1.29, 1.82) is 0 Å². The molecule has 1 heterocycles. The number of nitrogens with zero attached hydrogens (tertiary/aromatic N) is 2. The van der Waals surface area contributed by atoms with Gasteiger partial charge in [-0.15, -0.1) is 6.42 Å². The number of hydrogen-bond donors (Lipinski definition) is 2. The van der Waals surface area contributed by atoms with E-state index < -0.39 is 5.60 Å². The predicted octanol–water partition coefficient (Wildman–Crippen LogP) is 1.51. The first-order valence-electron chi connectivity index (χ1n) is 5.51. The van der Waals surface area contributed by atoms with E-state index in [-0.39, 0.29) is 0 Å². The average molecular weight is 234 g/mol. The normalized spacial score (nSPS) is 10.8. The molecule has 0 fully saturated rings. The van der Waals surface area contributed by atoms with Crippen LogP contribution in [0.25, 0.3) is 0 Å². The fourth-order valence-corrected chi connectivity index (χ4v) is 1.35. The number of nitrogens with one attached hydrogen (secondary N) is 1. The van der Waals surface area contributed by atoms with E-state index >= 15 is 0 Å². The number of hydrazine groups is 1. The summed E-state index contributed by atoms with van der Waals surface area (Å²) in [5, 5.41) is 0. The van der Waals surface area contributed by atoms with Gasteiger partial charge in [0.1, 0.15) is 12.1 Å². The highest BCUT2D eigenvalue weighted by Gasteiger charge is 2.20. The summed E-state index contributed by atoms with van der Waals surface area (Å²) in [5.74, 6) is 9.03. The van der Waals surface area contributed by atoms with Gasteiger partial charge in [0.2, 0.25) is 5.88 Å². The van der Waals surface area contributed by atoms with Gasteiger partial charge < -0.3 is 10.2 Å². The van der Waals surface area contributed by atoms with Crippen LogP contribution in [0, 0.1) is 12.3 Å². The van der Waals surface area contributed by atoms with Crippen LogP contribution in [0.1, 0.15) is 32.8 Å². The van der Waals surface area contributed by atoms with E-state index in [1.807, 2.05) is 0 Å². The molecular weight excluding hydrogens is 216 g/mol. The first-order valence-corrected chi connectivity index (χ1v) is 5.51. The quantitative estimate of drug-likeness (QED) is 0.459. The lowest BCUT2D eigenvalue weighted by atomic mass is 10.1. The van der Waals surface area contributed by atoms with Crippen molar-refractivity contribution in [2.45, 2.75) is 39.2 Å². The largest absolute Gasteiger partial charge is 0.458 e. The van der Waals surface area contributed by atoms with Crippen LogP contribution in [-0.2, 0) is 6.42 Å². The lowest BCUT2D eigenvalue weighted by Gasteiger charge is -2.21. The number of ether oxygens (including phenoxy) is 1. The summed E-state index contributed by atoms with van der Waals surface area (Å²) in [5.41, 5.74) is 2.68. The van der Waals surface area contributed by atoms with Gasteiger partial charge in [-0.3, -0.25) is 0 Å². The van der Waals surface area contributed by atoms with E-state index in [4.69, 9.17) is 17.0 Å². The molecule has 0 amide bonds. The highest BCUT2D eigenvalue weighted by molar-refractivity contribution is 5.48. The zero-order chi connectivity index (χ0) is 12.9. The molecule has 0 aliphatic heterocycles. The molecule has 5 heteroatoms. The molecule has 5 nitrogen and oxygen atoms in total. The van der Waals surface area contributed by atoms with Crippen molar-refractivity contribution in [3.8, 4) is 18.2 Å². The van der Waals surface area contributed by atoms with E-state index in [1.165, 1.54) is 6.33 Å². The van der Waals surface area contributed by atoms with Gasteiger partial charge >= 0.3 is 0 Å². The molecule has 0 aliphatic carbocycles. The second kappa shape index (κ2) is 5.51. The van der Waals surface area contributed by atoms with Crippen molar-refractivity contribution in [2.24, 2.45) is 5.84 Å². The molecule has 0 spiro atoms. The van der Waals surface area contributed by atoms with Crippen LogP contribution in [0.2, 0.25) is 0 Å². The summed E-state index contributed by atoms with van der Waals surface area (Å²) in [6.45, 7) is 5.67. The van der Waals surface area contributed by atoms with Gasteiger partial charge in [-0.2, -0.15) is 0 Å². The molecule has 0 aliphatic rings. The van der Waals surface area contributed by atoms with E-state index in [9.17, 15) is 0 Å². The molecule has 1 aromatic rings. The van der Waals surface area contributed by atoms with Crippen molar-refractivity contribution < 1.29 is 4.74 Å². The molecule has 0 bridgehead atoms. The number of nitrogens with two attached hydrogens (primary N) is 1. The summed E-state index contributed by atoms with van der Waals surface area (Å²) in [7, 11) is 0. The molecule has 0 unspecified atom stereocenters. The second-order valence-corrected chi connectivity index (χ2v) is 4.16. The summed E-state index contributed by atoms with van der Waals surface area (Å²) in [6.07, 6.45) is 8.50. The number of hydrogen-bond acceptors (Lipinski definition) is 5. The molecule has 0 atom stereocenters. The van der Waals surface area contributed by atoms with Crippen LogP contribution in [0.3, 0.4) is 0 Å². The molecule has 3 N–H and O–H groups in total. The Balaban J connectivity index is 3.10. The van der Waals surface area contributed by atoms with Gasteiger partial charge in [0, 0.05) is 0 Å². The molecule has 17 heavy (non-hydrogen) atoms. The van der Waals surface area contributed by atoms with Crippen LogP contribution < -0.4 is 16.0 Å². The first kappa shape index (κ1) is 13.3. The number of anilines is 1. The number of terminal acetylenes is 1. The van der Waals surface area contributed by atoms with Gasteiger partial charge in [0.25, 0.3) is 0 Å². The van der Waals surface area contributed by atoms with Gasteiger partial charge in [-0.1, -0.05) is 19.3 Å². The average Bonchev–Trinajstić information content (AvgIpc) is 2.31. The molecule has 0 saturated heterocycles. The van der Waals surface area contributed by atoms with E-state index in [0.29, 0.717) is 11.7 Å². The van der Waals surface area contributed by atoms with Crippen LogP contribution >= 0.6 is 0 Å². The van der Waals surface area contributed by atoms with Gasteiger partial charge in [0.05, 0.1) is 5.56 Å². The monoisotopic (exact) mass is 234 g/mol. The van der Waals surface area contributed by atoms with E-state index in [0.717, 1.165) is 18.4 Å². The molecule has 0 radical (unpaired) electrons. The zero-order valence-electron chi connectivity index (χ0n) is 10.4. The van der Waals surface area contributed by atoms with Gasteiger partial charge in [-0.25, -0.2) is 15.8 Å². The Bertz CT molecular complexity index is 423. The molecule has 1 rings (SSSR count). The Hall–Kier alpha value is -1.80. The second-order valence-electron chi connectivity index (χ2n) is 4.16. The maximum Gasteiger partial charge on any atom is 0.223 e. The molecule has 0 saturated carbocycles. The molecular formula is C12H18N4O. The lowest BCUT2D eigenvalue weighted by molar-refractivity contribution is 0.162. The van der Waals surface area contributed by atoms with Crippen molar-refractivity contribution in [3.05, 3.63) is 11.9 Å². The third kappa shape index (κ3) is 3.33. The molecule has 1 aromatic heterocycles. The Labute approximate surface area is 102 Å². The predicted molar refractivity (Wildman–Crippen MR) is 67.4 cm³/mol. The minimum atomic E-state index is -0.706. The maximum atomic E-state index is 5.69. The highest BCUT2D eigenvalue weighted by atomic mass is 16.5. The third-order valence-corrected chi connectivity index (χ3v) is 2.24. The Morgan fingerprint density at radius 3 is 2.76 bits per heavy atom. The van der Waals surface area contributed by atoms with Crippen LogP contribution in [-0.4, -0.2) is 15.6 Å². The highest BCUT2D eigenvalue weighted by Crippen LogP contribution is 2.25. The van der Waals surface area contributed by atoms with Crippen molar-refractivity contribution in [2.75, 3.05) is 5.43 Å². The summed E-state index contributed by atoms with van der Waals surface area (Å²) in [6, 6.07) is 0. The standard InChI is InChI=1S/C12H18N4O/c1-5-7-9-10(16-13)14-8-15-11(9)17-12(3,4)6-2/h2,8H,5,7,13H2,1,3-4H3,(H,14,15,16). The summed E-state index contributed by atoms with van der Waals surface area (Å²) in [4.78, 5) is 8.17. The SMILES string of the molecule is C#CC(C)(C)Oc1ncnc(NN)c1CCC. The van der Waals surface area contributed by atoms with Crippen molar-refractivity contribution >= 4 is 5.82 Å².